The van der Waals surface area contributed by atoms with Crippen molar-refractivity contribution < 1.29 is 14.0 Å². The molecule has 0 radical (unpaired) electrons. The van der Waals surface area contributed by atoms with Crippen LogP contribution >= 0.6 is 0 Å². The molecule has 0 spiro atoms. The van der Waals surface area contributed by atoms with Crippen LogP contribution in [0.1, 0.15) is 29.6 Å². The highest BCUT2D eigenvalue weighted by Gasteiger charge is 2.35. The van der Waals surface area contributed by atoms with Gasteiger partial charge in [-0.25, -0.2) is 4.39 Å². The minimum atomic E-state index is -0.607. The molecule has 1 heterocycles. The molecule has 4 nitrogen and oxygen atoms in total. The fourth-order valence-corrected chi connectivity index (χ4v) is 2.33. The third kappa shape index (κ3) is 2.38. The first-order chi connectivity index (χ1) is 9.16. The van der Waals surface area contributed by atoms with Crippen LogP contribution in [0.25, 0.3) is 0 Å². The van der Waals surface area contributed by atoms with Gasteiger partial charge in [0.25, 0.3) is 11.7 Å². The summed E-state index contributed by atoms with van der Waals surface area (Å²) < 4.78 is 13.1. The average Bonchev–Trinajstić information content (AvgIpc) is 3.18. The Morgan fingerprint density at radius 1 is 1.32 bits per heavy atom. The summed E-state index contributed by atoms with van der Waals surface area (Å²) >= 11 is 0. The Kier molecular flexibility index (Phi) is 3.06. The highest BCUT2D eigenvalue weighted by molar-refractivity contribution is 6.52. The fraction of sp³-hybridized carbons (Fsp3) is 0.429. The van der Waals surface area contributed by atoms with Crippen molar-refractivity contribution in [3.8, 4) is 0 Å². The maximum atomic E-state index is 13.1. The second-order valence-electron chi connectivity index (χ2n) is 5.03. The highest BCUT2D eigenvalue weighted by atomic mass is 19.1. The van der Waals surface area contributed by atoms with Gasteiger partial charge >= 0.3 is 0 Å². The quantitative estimate of drug-likeness (QED) is 0.646. The van der Waals surface area contributed by atoms with E-state index < -0.39 is 17.5 Å². The van der Waals surface area contributed by atoms with Gasteiger partial charge in [0.1, 0.15) is 5.82 Å². The molecule has 0 unspecified atom stereocenters. The van der Waals surface area contributed by atoms with E-state index in [4.69, 9.17) is 0 Å². The van der Waals surface area contributed by atoms with Crippen LogP contribution in [0.15, 0.2) is 18.2 Å². The normalized spacial score (nSPS) is 18.1. The molecular formula is C14H15FN2O2. The molecule has 1 aliphatic heterocycles. The largest absolute Gasteiger partial charge is 0.314 e. The van der Waals surface area contributed by atoms with Gasteiger partial charge in [-0.2, -0.15) is 0 Å². The van der Waals surface area contributed by atoms with Crippen LogP contribution in [0, 0.1) is 5.82 Å². The lowest BCUT2D eigenvalue weighted by molar-refractivity contribution is -0.114. The first kappa shape index (κ1) is 12.3. The number of rotatable bonds is 5. The van der Waals surface area contributed by atoms with Gasteiger partial charge in [-0.1, -0.05) is 0 Å². The maximum Gasteiger partial charge on any atom is 0.299 e. The third-order valence-corrected chi connectivity index (χ3v) is 3.50. The number of nitrogens with one attached hydrogen (secondary N) is 1. The Morgan fingerprint density at radius 2 is 2.11 bits per heavy atom. The minimum Gasteiger partial charge on any atom is -0.314 e. The van der Waals surface area contributed by atoms with E-state index in [1.165, 1.54) is 29.9 Å². The Balaban J connectivity index is 1.67. The molecule has 19 heavy (non-hydrogen) atoms. The fourth-order valence-electron chi connectivity index (χ4n) is 2.33. The molecule has 2 aliphatic rings. The molecule has 1 amide bonds. The Labute approximate surface area is 110 Å². The highest BCUT2D eigenvalue weighted by Crippen LogP contribution is 2.29. The van der Waals surface area contributed by atoms with Crippen molar-refractivity contribution >= 4 is 17.4 Å². The number of benzene rings is 1. The maximum absolute atomic E-state index is 13.1. The number of halogens is 1. The topological polar surface area (TPSA) is 49.4 Å². The van der Waals surface area contributed by atoms with Crippen LogP contribution in [-0.4, -0.2) is 30.8 Å². The molecule has 5 heteroatoms. The zero-order valence-electron chi connectivity index (χ0n) is 10.5. The summed E-state index contributed by atoms with van der Waals surface area (Å²) in [7, 11) is 0. The molecular weight excluding hydrogens is 247 g/mol. The van der Waals surface area contributed by atoms with Gasteiger partial charge in [0.2, 0.25) is 0 Å². The monoisotopic (exact) mass is 262 g/mol. The SMILES string of the molecule is O=C1C(=O)N(CCCNC2CC2)c2ccc(F)cc21. The van der Waals surface area contributed by atoms with Crippen molar-refractivity contribution in [1.29, 1.82) is 0 Å². The van der Waals surface area contributed by atoms with Crippen LogP contribution in [0.4, 0.5) is 10.1 Å². The van der Waals surface area contributed by atoms with Crippen LogP contribution < -0.4 is 10.2 Å². The standard InChI is InChI=1S/C14H15FN2O2/c15-9-2-5-12-11(8-9)13(18)14(19)17(12)7-1-6-16-10-3-4-10/h2,5,8,10,16H,1,3-4,6-7H2. The van der Waals surface area contributed by atoms with E-state index in [1.54, 1.807) is 0 Å². The molecule has 1 aliphatic carbocycles. The first-order valence-electron chi connectivity index (χ1n) is 6.56. The van der Waals surface area contributed by atoms with E-state index in [0.717, 1.165) is 19.0 Å². The zero-order chi connectivity index (χ0) is 13.4. The van der Waals surface area contributed by atoms with Crippen molar-refractivity contribution in [1.82, 2.24) is 5.32 Å². The second kappa shape index (κ2) is 4.74. The Morgan fingerprint density at radius 3 is 2.84 bits per heavy atom. The molecule has 100 valence electrons. The molecule has 0 bridgehead atoms. The van der Waals surface area contributed by atoms with Crippen LogP contribution in [0.2, 0.25) is 0 Å². The van der Waals surface area contributed by atoms with E-state index >= 15 is 0 Å². The number of Topliss-reactive ketones (excluding diaryl/α,β-unsaturated/α-hetero) is 1. The molecule has 0 atom stereocenters. The minimum absolute atomic E-state index is 0.181. The van der Waals surface area contributed by atoms with Gasteiger partial charge in [0.05, 0.1) is 11.3 Å². The van der Waals surface area contributed by atoms with Crippen molar-refractivity contribution in [2.24, 2.45) is 0 Å². The molecule has 1 N–H and O–H groups in total. The molecule has 1 saturated carbocycles. The number of anilines is 1. The van der Waals surface area contributed by atoms with E-state index in [1.807, 2.05) is 0 Å². The zero-order valence-corrected chi connectivity index (χ0v) is 10.5. The first-order valence-corrected chi connectivity index (χ1v) is 6.56. The van der Waals surface area contributed by atoms with Crippen LogP contribution in [0.3, 0.4) is 0 Å². The number of carbonyl (C=O) groups excluding carboxylic acids is 2. The van der Waals surface area contributed by atoms with Crippen LogP contribution in [0.5, 0.6) is 0 Å². The van der Waals surface area contributed by atoms with Crippen molar-refractivity contribution in [2.45, 2.75) is 25.3 Å². The summed E-state index contributed by atoms with van der Waals surface area (Å²) in [5, 5.41) is 3.36. The summed E-state index contributed by atoms with van der Waals surface area (Å²) in [6.45, 7) is 1.32. The summed E-state index contributed by atoms with van der Waals surface area (Å²) in [6.07, 6.45) is 3.23. The molecule has 0 aromatic heterocycles. The molecule has 3 rings (SSSR count). The summed E-state index contributed by atoms with van der Waals surface area (Å²) in [5.41, 5.74) is 0.711. The lowest BCUT2D eigenvalue weighted by atomic mass is 10.1. The lowest BCUT2D eigenvalue weighted by Crippen LogP contribution is -2.32. The van der Waals surface area contributed by atoms with E-state index in [2.05, 4.69) is 5.32 Å². The predicted molar refractivity (Wildman–Crippen MR) is 68.7 cm³/mol. The molecule has 0 saturated heterocycles. The number of fused-ring (bicyclic) bond motifs is 1. The van der Waals surface area contributed by atoms with Crippen LogP contribution in [-0.2, 0) is 4.79 Å². The number of carbonyl (C=O) groups is 2. The summed E-state index contributed by atoms with van der Waals surface area (Å²) in [5.74, 6) is -1.64. The smallest absolute Gasteiger partial charge is 0.299 e. The molecule has 1 aromatic rings. The van der Waals surface area contributed by atoms with Gasteiger partial charge in [-0.05, 0) is 44.0 Å². The number of hydrogen-bond acceptors (Lipinski definition) is 3. The van der Waals surface area contributed by atoms with Gasteiger partial charge in [0.15, 0.2) is 0 Å². The van der Waals surface area contributed by atoms with Crippen molar-refractivity contribution in [3.05, 3.63) is 29.6 Å². The lowest BCUT2D eigenvalue weighted by Gasteiger charge is -2.16. The summed E-state index contributed by atoms with van der Waals surface area (Å²) in [4.78, 5) is 25.0. The van der Waals surface area contributed by atoms with Gasteiger partial charge in [-0.15, -0.1) is 0 Å². The molecule has 1 aromatic carbocycles. The number of nitrogens with zero attached hydrogens (tertiary/aromatic N) is 1. The van der Waals surface area contributed by atoms with E-state index in [0.29, 0.717) is 18.3 Å². The number of amides is 1. The third-order valence-electron chi connectivity index (χ3n) is 3.50. The van der Waals surface area contributed by atoms with Crippen molar-refractivity contribution in [3.63, 3.8) is 0 Å². The Hall–Kier alpha value is -1.75. The number of ketones is 1. The molecule has 1 fully saturated rings. The van der Waals surface area contributed by atoms with Gasteiger partial charge in [0, 0.05) is 12.6 Å². The predicted octanol–water partition coefficient (Wildman–Crippen LogP) is 1.50. The van der Waals surface area contributed by atoms with Crippen molar-refractivity contribution in [2.75, 3.05) is 18.0 Å². The second-order valence-corrected chi connectivity index (χ2v) is 5.03. The van der Waals surface area contributed by atoms with Gasteiger partial charge < -0.3 is 10.2 Å². The summed E-state index contributed by atoms with van der Waals surface area (Å²) in [6, 6.07) is 4.55. The van der Waals surface area contributed by atoms with Gasteiger partial charge in [-0.3, -0.25) is 9.59 Å². The number of hydrogen-bond donors (Lipinski definition) is 1. The average molecular weight is 262 g/mol. The van der Waals surface area contributed by atoms with E-state index in [-0.39, 0.29) is 5.56 Å². The Bertz CT molecular complexity index is 540. The van der Waals surface area contributed by atoms with E-state index in [9.17, 15) is 14.0 Å².